The van der Waals surface area contributed by atoms with Crippen molar-refractivity contribution in [1.29, 1.82) is 0 Å². The molecular formula is C41H48FN5O6. The molecule has 4 heterocycles. The highest BCUT2D eigenvalue weighted by molar-refractivity contribution is 5.96. The molecule has 2 fully saturated rings. The van der Waals surface area contributed by atoms with Crippen LogP contribution in [-0.4, -0.2) is 90.5 Å². The van der Waals surface area contributed by atoms with Crippen LogP contribution in [0.4, 0.5) is 10.3 Å². The molecule has 0 saturated carbocycles. The lowest BCUT2D eigenvalue weighted by molar-refractivity contribution is 0.0606. The summed E-state index contributed by atoms with van der Waals surface area (Å²) in [6.07, 6.45) is 4.48. The Morgan fingerprint density at radius 2 is 1.68 bits per heavy atom. The number of imidazole rings is 1. The standard InChI is InChI=1S/C41H48FN5O6/c1-50-36-23-28(24-37(51-2)38(36)52-3)39(49)46-19-6-17-41(27-46,29-9-11-30(42)12-10-29)18-22-45-20-15-31(16-21-45)43-40-44-34-7-4-5-8-35(34)47(40)25-32-13-14-33(26-48)53-32/h4-5,7-14,23-24,31,48H,6,15-22,25-27H2,1-3H3,(H,43,44). The molecule has 5 aromatic rings. The number of rotatable bonds is 13. The van der Waals surface area contributed by atoms with E-state index in [1.807, 2.05) is 41.3 Å². The van der Waals surface area contributed by atoms with Crippen molar-refractivity contribution >= 4 is 22.9 Å². The van der Waals surface area contributed by atoms with Crippen molar-refractivity contribution in [2.45, 2.75) is 56.7 Å². The summed E-state index contributed by atoms with van der Waals surface area (Å²) >= 11 is 0. The minimum absolute atomic E-state index is 0.103. The summed E-state index contributed by atoms with van der Waals surface area (Å²) in [7, 11) is 4.62. The molecule has 53 heavy (non-hydrogen) atoms. The SMILES string of the molecule is COc1cc(C(=O)N2CCCC(CCN3CCC(Nc4nc5ccccc5n4Cc4ccc(CO)o4)CC3)(c3ccc(F)cc3)C2)cc(OC)c1OC. The van der Waals surface area contributed by atoms with E-state index in [1.54, 1.807) is 39.5 Å². The quantitative estimate of drug-likeness (QED) is 0.141. The summed E-state index contributed by atoms with van der Waals surface area (Å²) in [5.41, 5.74) is 3.13. The number of hydrogen-bond donors (Lipinski definition) is 2. The summed E-state index contributed by atoms with van der Waals surface area (Å²) in [5.74, 6) is 3.04. The van der Waals surface area contributed by atoms with E-state index in [2.05, 4.69) is 20.9 Å². The lowest BCUT2D eigenvalue weighted by atomic mass is 9.71. The van der Waals surface area contributed by atoms with Gasteiger partial charge in [-0.15, -0.1) is 0 Å². The van der Waals surface area contributed by atoms with Crippen LogP contribution in [0, 0.1) is 5.82 Å². The number of benzene rings is 3. The monoisotopic (exact) mass is 725 g/mol. The maximum Gasteiger partial charge on any atom is 0.254 e. The number of nitrogens with one attached hydrogen (secondary N) is 1. The molecule has 0 spiro atoms. The first kappa shape index (κ1) is 36.3. The number of para-hydroxylation sites is 2. The number of halogens is 1. The van der Waals surface area contributed by atoms with Gasteiger partial charge in [0.2, 0.25) is 11.7 Å². The number of fused-ring (bicyclic) bond motifs is 1. The minimum Gasteiger partial charge on any atom is -0.493 e. The van der Waals surface area contributed by atoms with E-state index in [0.29, 0.717) is 48.2 Å². The molecule has 3 aromatic carbocycles. The Balaban J connectivity index is 1.04. The summed E-state index contributed by atoms with van der Waals surface area (Å²) in [5, 5.41) is 13.2. The zero-order valence-electron chi connectivity index (χ0n) is 30.6. The van der Waals surface area contributed by atoms with Crippen molar-refractivity contribution in [2.24, 2.45) is 0 Å². The molecule has 2 aliphatic heterocycles. The van der Waals surface area contributed by atoms with Gasteiger partial charge in [0, 0.05) is 43.2 Å². The summed E-state index contributed by atoms with van der Waals surface area (Å²) in [6, 6.07) is 22.3. The number of anilines is 1. The van der Waals surface area contributed by atoms with Crippen molar-refractivity contribution in [3.8, 4) is 17.2 Å². The first-order valence-corrected chi connectivity index (χ1v) is 18.3. The normalized spacial score (nSPS) is 18.3. The number of aliphatic hydroxyl groups excluding tert-OH is 1. The van der Waals surface area contributed by atoms with Crippen LogP contribution in [0.1, 0.15) is 59.5 Å². The first-order chi connectivity index (χ1) is 25.8. The zero-order valence-corrected chi connectivity index (χ0v) is 30.6. The van der Waals surface area contributed by atoms with Gasteiger partial charge in [0.25, 0.3) is 5.91 Å². The molecule has 11 nitrogen and oxygen atoms in total. The van der Waals surface area contributed by atoms with Gasteiger partial charge in [-0.1, -0.05) is 24.3 Å². The fraction of sp³-hybridized carbons (Fsp3) is 0.415. The Kier molecular flexibility index (Phi) is 10.9. The third-order valence-electron chi connectivity index (χ3n) is 10.9. The average molecular weight is 726 g/mol. The number of furan rings is 1. The van der Waals surface area contributed by atoms with Crippen LogP contribution >= 0.6 is 0 Å². The Hall–Kier alpha value is -5.07. The molecule has 7 rings (SSSR count). The van der Waals surface area contributed by atoms with Gasteiger partial charge in [-0.3, -0.25) is 4.79 Å². The molecular weight excluding hydrogens is 677 g/mol. The van der Waals surface area contributed by atoms with E-state index >= 15 is 0 Å². The highest BCUT2D eigenvalue weighted by Gasteiger charge is 2.39. The first-order valence-electron chi connectivity index (χ1n) is 18.3. The molecule has 12 heteroatoms. The highest BCUT2D eigenvalue weighted by atomic mass is 19.1. The summed E-state index contributed by atoms with van der Waals surface area (Å²) in [6.45, 7) is 4.23. The van der Waals surface area contributed by atoms with Crippen LogP contribution < -0.4 is 19.5 Å². The van der Waals surface area contributed by atoms with Gasteiger partial charge < -0.3 is 43.4 Å². The van der Waals surface area contributed by atoms with E-state index in [4.69, 9.17) is 23.6 Å². The number of ether oxygens (including phenoxy) is 3. The molecule has 2 saturated heterocycles. The largest absolute Gasteiger partial charge is 0.493 e. The summed E-state index contributed by atoms with van der Waals surface area (Å²) < 4.78 is 38.7. The number of likely N-dealkylation sites (tertiary alicyclic amines) is 2. The second-order valence-corrected chi connectivity index (χ2v) is 14.1. The Morgan fingerprint density at radius 3 is 2.36 bits per heavy atom. The van der Waals surface area contributed by atoms with Crippen molar-refractivity contribution in [3.05, 3.63) is 101 Å². The number of amides is 1. The zero-order chi connectivity index (χ0) is 37.0. The predicted molar refractivity (Wildman–Crippen MR) is 200 cm³/mol. The Labute approximate surface area is 309 Å². The number of carbonyl (C=O) groups excluding carboxylic acids is 1. The third-order valence-corrected chi connectivity index (χ3v) is 10.9. The number of hydrogen-bond acceptors (Lipinski definition) is 9. The summed E-state index contributed by atoms with van der Waals surface area (Å²) in [4.78, 5) is 23.4. The molecule has 2 aromatic heterocycles. The topological polar surface area (TPSA) is 114 Å². The van der Waals surface area contributed by atoms with Crippen LogP contribution in [0.3, 0.4) is 0 Å². The van der Waals surface area contributed by atoms with Crippen LogP contribution in [-0.2, 0) is 18.6 Å². The lowest BCUT2D eigenvalue weighted by Gasteiger charge is -2.45. The Morgan fingerprint density at radius 1 is 0.962 bits per heavy atom. The maximum absolute atomic E-state index is 14.2. The van der Waals surface area contributed by atoms with E-state index in [-0.39, 0.29) is 29.8 Å². The highest BCUT2D eigenvalue weighted by Crippen LogP contribution is 2.41. The number of aromatic nitrogens is 2. The average Bonchev–Trinajstić information content (AvgIpc) is 3.81. The second-order valence-electron chi connectivity index (χ2n) is 14.1. The fourth-order valence-electron chi connectivity index (χ4n) is 8.03. The second kappa shape index (κ2) is 15.9. The van der Waals surface area contributed by atoms with Crippen LogP contribution in [0.2, 0.25) is 0 Å². The maximum atomic E-state index is 14.2. The molecule has 0 bridgehead atoms. The number of piperidine rings is 2. The van der Waals surface area contributed by atoms with Gasteiger partial charge in [0.1, 0.15) is 23.9 Å². The molecule has 1 amide bonds. The van der Waals surface area contributed by atoms with E-state index in [9.17, 15) is 14.3 Å². The molecule has 2 N–H and O–H groups in total. The van der Waals surface area contributed by atoms with Crippen molar-refractivity contribution in [1.82, 2.24) is 19.4 Å². The fourth-order valence-corrected chi connectivity index (χ4v) is 8.03. The number of aliphatic hydroxyl groups is 1. The van der Waals surface area contributed by atoms with E-state index in [1.165, 1.54) is 12.1 Å². The van der Waals surface area contributed by atoms with Crippen LogP contribution in [0.25, 0.3) is 11.0 Å². The number of nitrogens with zero attached hydrogens (tertiary/aromatic N) is 4. The molecule has 2 aliphatic rings. The third kappa shape index (κ3) is 7.70. The number of carbonyl (C=O) groups is 1. The van der Waals surface area contributed by atoms with Gasteiger partial charge in [-0.05, 0) is 92.7 Å². The van der Waals surface area contributed by atoms with Gasteiger partial charge in [0.15, 0.2) is 11.5 Å². The van der Waals surface area contributed by atoms with Gasteiger partial charge in [-0.2, -0.15) is 0 Å². The molecule has 280 valence electrons. The van der Waals surface area contributed by atoms with Gasteiger partial charge in [0.05, 0.1) is 38.9 Å². The lowest BCUT2D eigenvalue weighted by Crippen LogP contribution is -2.50. The minimum atomic E-state index is -0.329. The number of methoxy groups -OCH3 is 3. The van der Waals surface area contributed by atoms with E-state index in [0.717, 1.165) is 80.0 Å². The van der Waals surface area contributed by atoms with Gasteiger partial charge >= 0.3 is 0 Å². The molecule has 0 radical (unpaired) electrons. The van der Waals surface area contributed by atoms with Crippen LogP contribution in [0.15, 0.2) is 77.2 Å². The Bertz CT molecular complexity index is 2000. The van der Waals surface area contributed by atoms with E-state index < -0.39 is 0 Å². The molecule has 0 aliphatic carbocycles. The smallest absolute Gasteiger partial charge is 0.254 e. The predicted octanol–water partition coefficient (Wildman–Crippen LogP) is 6.48. The van der Waals surface area contributed by atoms with Crippen LogP contribution in [0.5, 0.6) is 17.2 Å². The van der Waals surface area contributed by atoms with Gasteiger partial charge in [-0.25, -0.2) is 9.37 Å². The molecule has 1 unspecified atom stereocenters. The van der Waals surface area contributed by atoms with Crippen molar-refractivity contribution in [2.75, 3.05) is 59.4 Å². The van der Waals surface area contributed by atoms with Crippen molar-refractivity contribution < 1.29 is 32.9 Å². The molecule has 1 atom stereocenters. The van der Waals surface area contributed by atoms with Crippen molar-refractivity contribution in [3.63, 3.8) is 0 Å².